The second kappa shape index (κ2) is 8.50. The van der Waals surface area contributed by atoms with E-state index in [9.17, 15) is 9.50 Å². The van der Waals surface area contributed by atoms with E-state index in [1.165, 1.54) is 12.1 Å². The molecule has 27 heavy (non-hydrogen) atoms. The van der Waals surface area contributed by atoms with Gasteiger partial charge in [-0.1, -0.05) is 12.1 Å². The first-order chi connectivity index (χ1) is 13.0. The zero-order chi connectivity index (χ0) is 19.6. The normalized spacial score (nSPS) is 28.6. The standard InChI is InChI=1S/C20H25FO6/c1-23-10-15-17(24-2)19(25-3)20(26-4)18(27-15)16-13-9-12(21)7-5-11(13)6-8-14(16)22/h5-9,15,17-20,22H,10H2,1-4H3. The van der Waals surface area contributed by atoms with E-state index < -0.39 is 36.3 Å². The highest BCUT2D eigenvalue weighted by molar-refractivity contribution is 5.88. The Morgan fingerprint density at radius 2 is 1.63 bits per heavy atom. The van der Waals surface area contributed by atoms with Gasteiger partial charge in [0.1, 0.15) is 42.1 Å². The highest BCUT2D eigenvalue weighted by Gasteiger charge is 2.48. The van der Waals surface area contributed by atoms with E-state index in [4.69, 9.17) is 23.7 Å². The van der Waals surface area contributed by atoms with Crippen molar-refractivity contribution in [1.29, 1.82) is 0 Å². The van der Waals surface area contributed by atoms with Gasteiger partial charge < -0.3 is 28.8 Å². The molecule has 0 aliphatic carbocycles. The molecule has 6 nitrogen and oxygen atoms in total. The van der Waals surface area contributed by atoms with Crippen LogP contribution in [0.15, 0.2) is 30.3 Å². The van der Waals surface area contributed by atoms with Gasteiger partial charge in [-0.15, -0.1) is 0 Å². The SMILES string of the molecule is COCC1OC(c2c(O)ccc3ccc(F)cc23)C(OC)C(OC)C1OC. The smallest absolute Gasteiger partial charge is 0.123 e. The van der Waals surface area contributed by atoms with E-state index in [2.05, 4.69) is 0 Å². The number of rotatable bonds is 6. The lowest BCUT2D eigenvalue weighted by atomic mass is 9.88. The maximum Gasteiger partial charge on any atom is 0.123 e. The van der Waals surface area contributed by atoms with Crippen LogP contribution < -0.4 is 0 Å². The van der Waals surface area contributed by atoms with Gasteiger partial charge in [0.25, 0.3) is 0 Å². The summed E-state index contributed by atoms with van der Waals surface area (Å²) in [4.78, 5) is 0. The molecule has 0 bridgehead atoms. The predicted octanol–water partition coefficient (Wildman–Crippen LogP) is 2.82. The van der Waals surface area contributed by atoms with Crippen LogP contribution in [0.5, 0.6) is 5.75 Å². The zero-order valence-corrected chi connectivity index (χ0v) is 15.8. The summed E-state index contributed by atoms with van der Waals surface area (Å²) in [7, 11) is 6.25. The van der Waals surface area contributed by atoms with Crippen LogP contribution in [0.2, 0.25) is 0 Å². The average molecular weight is 380 g/mol. The second-order valence-electron chi connectivity index (χ2n) is 6.52. The van der Waals surface area contributed by atoms with Gasteiger partial charge >= 0.3 is 0 Å². The van der Waals surface area contributed by atoms with Crippen LogP contribution in [-0.4, -0.2) is 64.6 Å². The highest BCUT2D eigenvalue weighted by Crippen LogP contribution is 2.42. The number of phenolic OH excluding ortho intramolecular Hbond substituents is 1. The Kier molecular flexibility index (Phi) is 6.29. The Balaban J connectivity index is 2.15. The first-order valence-electron chi connectivity index (χ1n) is 8.69. The van der Waals surface area contributed by atoms with Crippen LogP contribution in [-0.2, 0) is 23.7 Å². The van der Waals surface area contributed by atoms with E-state index in [-0.39, 0.29) is 12.4 Å². The molecule has 1 N–H and O–H groups in total. The number of fused-ring (bicyclic) bond motifs is 1. The molecule has 0 radical (unpaired) electrons. The quantitative estimate of drug-likeness (QED) is 0.831. The fourth-order valence-electron chi connectivity index (χ4n) is 3.86. The van der Waals surface area contributed by atoms with E-state index in [0.717, 1.165) is 5.39 Å². The fourth-order valence-corrected chi connectivity index (χ4v) is 3.86. The van der Waals surface area contributed by atoms with Crippen LogP contribution in [0.4, 0.5) is 4.39 Å². The summed E-state index contributed by atoms with van der Waals surface area (Å²) in [6.07, 6.45) is -2.62. The van der Waals surface area contributed by atoms with Crippen molar-refractivity contribution in [1.82, 2.24) is 0 Å². The summed E-state index contributed by atoms with van der Waals surface area (Å²) in [5, 5.41) is 11.9. The van der Waals surface area contributed by atoms with Crippen LogP contribution in [0.3, 0.4) is 0 Å². The van der Waals surface area contributed by atoms with Crippen molar-refractivity contribution < 1.29 is 33.2 Å². The summed E-state index contributed by atoms with van der Waals surface area (Å²) < 4.78 is 42.4. The third kappa shape index (κ3) is 3.66. The monoisotopic (exact) mass is 380 g/mol. The molecule has 3 rings (SSSR count). The molecule has 2 aromatic carbocycles. The lowest BCUT2D eigenvalue weighted by molar-refractivity contribution is -0.252. The molecule has 0 spiro atoms. The molecule has 5 atom stereocenters. The van der Waals surface area contributed by atoms with Crippen LogP contribution in [0.1, 0.15) is 11.7 Å². The van der Waals surface area contributed by atoms with Crippen LogP contribution >= 0.6 is 0 Å². The van der Waals surface area contributed by atoms with Crippen molar-refractivity contribution in [2.45, 2.75) is 30.5 Å². The predicted molar refractivity (Wildman–Crippen MR) is 97.5 cm³/mol. The van der Waals surface area contributed by atoms with E-state index >= 15 is 0 Å². The molecule has 1 aliphatic rings. The molecular weight excluding hydrogens is 355 g/mol. The third-order valence-corrected chi connectivity index (χ3v) is 5.07. The molecule has 1 heterocycles. The minimum atomic E-state index is -0.697. The largest absolute Gasteiger partial charge is 0.508 e. The summed E-state index contributed by atoms with van der Waals surface area (Å²) >= 11 is 0. The van der Waals surface area contributed by atoms with Crippen molar-refractivity contribution >= 4 is 10.8 Å². The first-order valence-corrected chi connectivity index (χ1v) is 8.69. The number of hydrogen-bond acceptors (Lipinski definition) is 6. The van der Waals surface area contributed by atoms with Crippen molar-refractivity contribution in [3.8, 4) is 5.75 Å². The molecule has 1 fully saturated rings. The fraction of sp³-hybridized carbons (Fsp3) is 0.500. The summed E-state index contributed by atoms with van der Waals surface area (Å²) in [6.45, 7) is 0.269. The summed E-state index contributed by atoms with van der Waals surface area (Å²) in [6, 6.07) is 7.73. The molecule has 7 heteroatoms. The van der Waals surface area contributed by atoms with Gasteiger partial charge in [0, 0.05) is 34.0 Å². The minimum absolute atomic E-state index is 0.00189. The Morgan fingerprint density at radius 1 is 0.963 bits per heavy atom. The number of phenols is 1. The first kappa shape index (κ1) is 20.0. The molecule has 148 valence electrons. The molecule has 1 saturated heterocycles. The number of hydrogen-bond donors (Lipinski definition) is 1. The Morgan fingerprint density at radius 3 is 2.26 bits per heavy atom. The Hall–Kier alpha value is -1.77. The number of benzene rings is 2. The van der Waals surface area contributed by atoms with Crippen molar-refractivity contribution in [2.75, 3.05) is 35.0 Å². The van der Waals surface area contributed by atoms with Gasteiger partial charge in [-0.25, -0.2) is 4.39 Å². The second-order valence-corrected chi connectivity index (χ2v) is 6.52. The van der Waals surface area contributed by atoms with Crippen molar-refractivity contribution in [2.24, 2.45) is 0 Å². The van der Waals surface area contributed by atoms with Gasteiger partial charge in [0.15, 0.2) is 0 Å². The maximum atomic E-state index is 13.9. The average Bonchev–Trinajstić information content (AvgIpc) is 2.67. The Labute approximate surface area is 157 Å². The molecule has 1 aliphatic heterocycles. The molecule has 0 saturated carbocycles. The number of ether oxygens (including phenoxy) is 5. The van der Waals surface area contributed by atoms with Gasteiger partial charge in [-0.2, -0.15) is 0 Å². The highest BCUT2D eigenvalue weighted by atomic mass is 19.1. The molecule has 0 amide bonds. The lowest BCUT2D eigenvalue weighted by Gasteiger charge is -2.45. The topological polar surface area (TPSA) is 66.4 Å². The molecule has 0 aromatic heterocycles. The lowest BCUT2D eigenvalue weighted by Crippen LogP contribution is -2.57. The Bertz CT molecular complexity index is 777. The van der Waals surface area contributed by atoms with E-state index in [1.807, 2.05) is 0 Å². The number of aromatic hydroxyl groups is 1. The summed E-state index contributed by atoms with van der Waals surface area (Å²) in [5.74, 6) is -0.396. The van der Waals surface area contributed by atoms with Crippen molar-refractivity contribution in [3.63, 3.8) is 0 Å². The summed E-state index contributed by atoms with van der Waals surface area (Å²) in [5.41, 5.74) is 0.455. The van der Waals surface area contributed by atoms with E-state index in [1.54, 1.807) is 46.6 Å². The molecule has 5 unspecified atom stereocenters. The van der Waals surface area contributed by atoms with Gasteiger partial charge in [-0.3, -0.25) is 0 Å². The van der Waals surface area contributed by atoms with Gasteiger partial charge in [0.05, 0.1) is 6.61 Å². The number of halogens is 1. The van der Waals surface area contributed by atoms with E-state index in [0.29, 0.717) is 10.9 Å². The number of methoxy groups -OCH3 is 4. The third-order valence-electron chi connectivity index (χ3n) is 5.07. The molecular formula is C20H25FO6. The molecule has 2 aromatic rings. The van der Waals surface area contributed by atoms with Crippen LogP contribution in [0, 0.1) is 5.82 Å². The van der Waals surface area contributed by atoms with Crippen molar-refractivity contribution in [3.05, 3.63) is 41.7 Å². The van der Waals surface area contributed by atoms with Gasteiger partial charge in [-0.05, 0) is 29.0 Å². The zero-order valence-electron chi connectivity index (χ0n) is 15.8. The maximum absolute atomic E-state index is 13.9. The van der Waals surface area contributed by atoms with Gasteiger partial charge in [0.2, 0.25) is 0 Å². The van der Waals surface area contributed by atoms with Crippen LogP contribution in [0.25, 0.3) is 10.8 Å². The minimum Gasteiger partial charge on any atom is -0.508 e.